The molecule has 0 saturated heterocycles. The van der Waals surface area contributed by atoms with Crippen LogP contribution in [0.25, 0.3) is 0 Å². The Labute approximate surface area is 145 Å². The topological polar surface area (TPSA) is 118 Å². The fourth-order valence-corrected chi connectivity index (χ4v) is 4.53. The zero-order valence-electron chi connectivity index (χ0n) is 14.0. The first-order valence-corrected chi connectivity index (χ1v) is 8.52. The fourth-order valence-electron chi connectivity index (χ4n) is 4.53. The van der Waals surface area contributed by atoms with Crippen LogP contribution in [0.3, 0.4) is 0 Å². The maximum atomic E-state index is 11.3. The summed E-state index contributed by atoms with van der Waals surface area (Å²) in [5.74, 6) is 0. The Bertz CT molecular complexity index is 621. The summed E-state index contributed by atoms with van der Waals surface area (Å²) in [6.45, 7) is 0. The average Bonchev–Trinajstić information content (AvgIpc) is 2.63. The summed E-state index contributed by atoms with van der Waals surface area (Å²) in [4.78, 5) is 60.8. The zero-order chi connectivity index (χ0) is 18.2. The van der Waals surface area contributed by atoms with Crippen LogP contribution in [0.1, 0.15) is 64.2 Å². The van der Waals surface area contributed by atoms with Crippen molar-refractivity contribution in [2.75, 3.05) is 0 Å². The number of rotatable bonds is 6. The molecule has 0 unspecified atom stereocenters. The molecule has 8 heteroatoms. The van der Waals surface area contributed by atoms with Gasteiger partial charge in [-0.2, -0.15) is 20.0 Å². The van der Waals surface area contributed by atoms with Crippen LogP contribution in [0, 0.1) is 0 Å². The predicted molar refractivity (Wildman–Crippen MR) is 86.8 cm³/mol. The summed E-state index contributed by atoms with van der Waals surface area (Å²) in [6.07, 6.45) is 12.3. The second kappa shape index (κ2) is 8.06. The summed E-state index contributed by atoms with van der Waals surface area (Å²) in [5, 5.41) is 0. The van der Waals surface area contributed by atoms with Gasteiger partial charge in [0, 0.05) is 0 Å². The van der Waals surface area contributed by atoms with E-state index in [1.165, 1.54) is 12.2 Å². The van der Waals surface area contributed by atoms with E-state index in [0.29, 0.717) is 25.7 Å². The lowest BCUT2D eigenvalue weighted by Gasteiger charge is -2.51. The number of isocyanates is 4. The second-order valence-corrected chi connectivity index (χ2v) is 6.67. The number of hydrogen-bond donors (Lipinski definition) is 0. The predicted octanol–water partition coefficient (Wildman–Crippen LogP) is 2.43. The Morgan fingerprint density at radius 3 is 1.20 bits per heavy atom. The Kier molecular flexibility index (Phi) is 6.08. The minimum atomic E-state index is -1.82. The standard InChI is InChI=1S/C17H20N4O4/c22-11-18-15(7-3-1-4-8-15)17(20-13-24,21-14-25)16(19-12-23)9-5-2-6-10-16/h1-10H2. The number of hydrogen-bond acceptors (Lipinski definition) is 8. The van der Waals surface area contributed by atoms with Crippen LogP contribution in [-0.4, -0.2) is 41.1 Å². The van der Waals surface area contributed by atoms with Crippen molar-refractivity contribution in [1.29, 1.82) is 0 Å². The monoisotopic (exact) mass is 344 g/mol. The Morgan fingerprint density at radius 1 is 0.560 bits per heavy atom. The van der Waals surface area contributed by atoms with E-state index in [1.807, 2.05) is 0 Å². The Hall–Kier alpha value is -2.48. The largest absolute Gasteiger partial charge is 0.237 e. The van der Waals surface area contributed by atoms with E-state index in [4.69, 9.17) is 0 Å². The zero-order valence-corrected chi connectivity index (χ0v) is 14.0. The third-order valence-electron chi connectivity index (χ3n) is 5.59. The molecule has 2 rings (SSSR count). The van der Waals surface area contributed by atoms with Crippen LogP contribution in [0.15, 0.2) is 20.0 Å². The van der Waals surface area contributed by atoms with Crippen molar-refractivity contribution in [2.24, 2.45) is 20.0 Å². The molecule has 0 aliphatic heterocycles. The van der Waals surface area contributed by atoms with Gasteiger partial charge in [0.2, 0.25) is 30.0 Å². The highest BCUT2D eigenvalue weighted by atomic mass is 16.1. The van der Waals surface area contributed by atoms with Crippen LogP contribution in [-0.2, 0) is 19.2 Å². The van der Waals surface area contributed by atoms with Crippen molar-refractivity contribution in [3.63, 3.8) is 0 Å². The molecule has 2 aliphatic rings. The summed E-state index contributed by atoms with van der Waals surface area (Å²) in [7, 11) is 0. The molecule has 2 saturated carbocycles. The lowest BCUT2D eigenvalue weighted by atomic mass is 9.61. The molecular weight excluding hydrogens is 324 g/mol. The van der Waals surface area contributed by atoms with Gasteiger partial charge in [-0.05, 0) is 25.7 Å². The van der Waals surface area contributed by atoms with E-state index >= 15 is 0 Å². The lowest BCUT2D eigenvalue weighted by Crippen LogP contribution is -2.65. The first-order valence-electron chi connectivity index (χ1n) is 8.52. The lowest BCUT2D eigenvalue weighted by molar-refractivity contribution is 0.0645. The smallest absolute Gasteiger partial charge is 0.211 e. The molecule has 0 atom stereocenters. The van der Waals surface area contributed by atoms with E-state index in [1.54, 1.807) is 12.2 Å². The van der Waals surface area contributed by atoms with Gasteiger partial charge in [0.05, 0.1) is 0 Å². The highest BCUT2D eigenvalue weighted by Gasteiger charge is 2.66. The van der Waals surface area contributed by atoms with Crippen LogP contribution in [0.5, 0.6) is 0 Å². The Balaban J connectivity index is 2.83. The van der Waals surface area contributed by atoms with E-state index in [0.717, 1.165) is 38.5 Å². The fraction of sp³-hybridized carbons (Fsp3) is 0.765. The van der Waals surface area contributed by atoms with Crippen LogP contribution < -0.4 is 0 Å². The molecule has 0 heterocycles. The molecule has 2 aliphatic carbocycles. The molecule has 8 nitrogen and oxygen atoms in total. The molecule has 0 spiro atoms. The van der Waals surface area contributed by atoms with E-state index in [-0.39, 0.29) is 0 Å². The molecule has 25 heavy (non-hydrogen) atoms. The molecule has 0 aromatic rings. The highest BCUT2D eigenvalue weighted by molar-refractivity contribution is 5.48. The molecule has 0 N–H and O–H groups in total. The maximum absolute atomic E-state index is 11.3. The second-order valence-electron chi connectivity index (χ2n) is 6.67. The van der Waals surface area contributed by atoms with Crippen LogP contribution in [0.4, 0.5) is 0 Å². The molecule has 0 amide bonds. The van der Waals surface area contributed by atoms with Crippen molar-refractivity contribution in [2.45, 2.75) is 80.9 Å². The summed E-state index contributed by atoms with van der Waals surface area (Å²) < 4.78 is 0. The first-order chi connectivity index (χ1) is 12.2. The van der Waals surface area contributed by atoms with Gasteiger partial charge in [-0.15, -0.1) is 0 Å². The maximum Gasteiger partial charge on any atom is 0.237 e. The van der Waals surface area contributed by atoms with Crippen molar-refractivity contribution < 1.29 is 19.2 Å². The molecule has 0 radical (unpaired) electrons. The normalized spacial score (nSPS) is 23.4. The van der Waals surface area contributed by atoms with Gasteiger partial charge in [-0.1, -0.05) is 38.5 Å². The van der Waals surface area contributed by atoms with Crippen molar-refractivity contribution in [3.05, 3.63) is 0 Å². The van der Waals surface area contributed by atoms with E-state index < -0.39 is 16.7 Å². The van der Waals surface area contributed by atoms with E-state index in [9.17, 15) is 19.2 Å². The molecule has 2 fully saturated rings. The highest BCUT2D eigenvalue weighted by Crippen LogP contribution is 2.54. The SMILES string of the molecule is O=C=NC1(C(N=C=O)(N=C=O)C2(N=C=O)CCCCC2)CCCCC1. The summed E-state index contributed by atoms with van der Waals surface area (Å²) >= 11 is 0. The number of carbonyl (C=O) groups excluding carboxylic acids is 4. The van der Waals surface area contributed by atoms with Crippen molar-refractivity contribution in [3.8, 4) is 0 Å². The molecule has 0 bridgehead atoms. The molecule has 0 aromatic carbocycles. The van der Waals surface area contributed by atoms with Gasteiger partial charge in [-0.3, -0.25) is 0 Å². The van der Waals surface area contributed by atoms with Gasteiger partial charge < -0.3 is 0 Å². The van der Waals surface area contributed by atoms with Gasteiger partial charge in [0.15, 0.2) is 0 Å². The van der Waals surface area contributed by atoms with Crippen LogP contribution in [0.2, 0.25) is 0 Å². The van der Waals surface area contributed by atoms with Gasteiger partial charge in [-0.25, -0.2) is 19.2 Å². The quantitative estimate of drug-likeness (QED) is 0.543. The minimum Gasteiger partial charge on any atom is -0.211 e. The van der Waals surface area contributed by atoms with Gasteiger partial charge in [0.1, 0.15) is 11.1 Å². The van der Waals surface area contributed by atoms with Gasteiger partial charge in [0.25, 0.3) is 0 Å². The summed E-state index contributed by atoms with van der Waals surface area (Å²) in [5.41, 5.74) is -4.35. The van der Waals surface area contributed by atoms with Crippen molar-refractivity contribution >= 4 is 24.3 Å². The molecular formula is C17H20N4O4. The molecule has 0 aromatic heterocycles. The first kappa shape index (κ1) is 18.9. The third-order valence-corrected chi connectivity index (χ3v) is 5.59. The third kappa shape index (κ3) is 3.09. The Morgan fingerprint density at radius 2 is 0.920 bits per heavy atom. The number of aliphatic imine (C=N–C) groups is 4. The van der Waals surface area contributed by atoms with Gasteiger partial charge >= 0.3 is 0 Å². The van der Waals surface area contributed by atoms with E-state index in [2.05, 4.69) is 20.0 Å². The minimum absolute atomic E-state index is 0.384. The van der Waals surface area contributed by atoms with Crippen molar-refractivity contribution in [1.82, 2.24) is 0 Å². The summed E-state index contributed by atoms with van der Waals surface area (Å²) in [6, 6.07) is 0. The van der Waals surface area contributed by atoms with Crippen LogP contribution >= 0.6 is 0 Å². The molecule has 132 valence electrons. The average molecular weight is 344 g/mol. The number of nitrogens with zero attached hydrogens (tertiary/aromatic N) is 4.